The Hall–Kier alpha value is -9.18. The van der Waals surface area contributed by atoms with Gasteiger partial charge in [0.2, 0.25) is 0 Å². The second kappa shape index (κ2) is 16.9. The summed E-state index contributed by atoms with van der Waals surface area (Å²) in [5, 5.41) is 4.77. The fraction of sp³-hybridized carbons (Fsp3) is 0. The van der Waals surface area contributed by atoms with Crippen LogP contribution in [0.2, 0.25) is 0 Å². The number of hydrogen-bond donors (Lipinski definition) is 0. The summed E-state index contributed by atoms with van der Waals surface area (Å²) in [5.41, 5.74) is 20.1. The number of fused-ring (bicyclic) bond motifs is 6. The van der Waals surface area contributed by atoms with Gasteiger partial charge in [0.05, 0.1) is 16.7 Å². The Balaban J connectivity index is 0.869. The average Bonchev–Trinajstić information content (AvgIpc) is 3.97. The molecule has 324 valence electrons. The van der Waals surface area contributed by atoms with Crippen LogP contribution >= 0.6 is 0 Å². The number of anilines is 3. The number of furan rings is 1. The quantitative estimate of drug-likeness (QED) is 0.144. The van der Waals surface area contributed by atoms with E-state index in [0.717, 1.165) is 72.5 Å². The van der Waals surface area contributed by atoms with Crippen LogP contribution in [0.3, 0.4) is 0 Å². The third kappa shape index (κ3) is 7.25. The highest BCUT2D eigenvalue weighted by molar-refractivity contribution is 6.09. The number of hydrogen-bond acceptors (Lipinski definition) is 2. The smallest absolute Gasteiger partial charge is 0.136 e. The van der Waals surface area contributed by atoms with Crippen LogP contribution in [0.25, 0.3) is 105 Å². The lowest BCUT2D eigenvalue weighted by Gasteiger charge is -2.28. The van der Waals surface area contributed by atoms with Gasteiger partial charge in [-0.1, -0.05) is 188 Å². The molecule has 69 heavy (non-hydrogen) atoms. The molecule has 0 amide bonds. The molecule has 0 aliphatic heterocycles. The van der Waals surface area contributed by atoms with Gasteiger partial charge < -0.3 is 13.9 Å². The predicted octanol–water partition coefficient (Wildman–Crippen LogP) is 18.5. The normalized spacial score (nSPS) is 11.5. The van der Waals surface area contributed by atoms with E-state index < -0.39 is 0 Å². The molecule has 0 aliphatic rings. The molecule has 13 rings (SSSR count). The van der Waals surface area contributed by atoms with Gasteiger partial charge in [0.1, 0.15) is 11.2 Å². The second-order valence-corrected chi connectivity index (χ2v) is 17.7. The summed E-state index contributed by atoms with van der Waals surface area (Å²) in [7, 11) is 0. The second-order valence-electron chi connectivity index (χ2n) is 17.7. The minimum absolute atomic E-state index is 0.876. The molecule has 0 unspecified atom stereocenters. The zero-order valence-corrected chi connectivity index (χ0v) is 37.7. The van der Waals surface area contributed by atoms with Gasteiger partial charge in [-0.25, -0.2) is 0 Å². The van der Waals surface area contributed by atoms with E-state index in [4.69, 9.17) is 4.42 Å². The largest absolute Gasteiger partial charge is 0.456 e. The highest BCUT2D eigenvalue weighted by Crippen LogP contribution is 2.44. The summed E-state index contributed by atoms with van der Waals surface area (Å²) in [6.45, 7) is 0. The minimum atomic E-state index is 0.876. The molecule has 0 radical (unpaired) electrons. The van der Waals surface area contributed by atoms with Crippen LogP contribution in [0, 0.1) is 0 Å². The lowest BCUT2D eigenvalue weighted by Crippen LogP contribution is -2.11. The molecule has 0 N–H and O–H groups in total. The zero-order valence-electron chi connectivity index (χ0n) is 37.7. The van der Waals surface area contributed by atoms with Gasteiger partial charge in [-0.05, 0) is 129 Å². The van der Waals surface area contributed by atoms with Crippen LogP contribution < -0.4 is 4.90 Å². The molecule has 11 aromatic carbocycles. The number of rotatable bonds is 9. The van der Waals surface area contributed by atoms with Crippen molar-refractivity contribution in [3.63, 3.8) is 0 Å². The molecule has 0 fully saturated rings. The van der Waals surface area contributed by atoms with E-state index in [1.54, 1.807) is 0 Å². The predicted molar refractivity (Wildman–Crippen MR) is 290 cm³/mol. The van der Waals surface area contributed by atoms with E-state index >= 15 is 0 Å². The Morgan fingerprint density at radius 3 is 1.51 bits per heavy atom. The Morgan fingerprint density at radius 1 is 0.275 bits per heavy atom. The van der Waals surface area contributed by atoms with Gasteiger partial charge in [0, 0.05) is 44.2 Å². The number of benzene rings is 11. The minimum Gasteiger partial charge on any atom is -0.456 e. The molecule has 3 heteroatoms. The Bertz CT molecular complexity index is 3960. The van der Waals surface area contributed by atoms with E-state index in [1.165, 1.54) is 49.6 Å². The van der Waals surface area contributed by atoms with E-state index in [0.29, 0.717) is 0 Å². The van der Waals surface area contributed by atoms with Crippen LogP contribution in [0.5, 0.6) is 0 Å². The van der Waals surface area contributed by atoms with E-state index in [9.17, 15) is 0 Å². The summed E-state index contributed by atoms with van der Waals surface area (Å²) >= 11 is 0. The lowest BCUT2D eigenvalue weighted by molar-refractivity contribution is 0.669. The maximum absolute atomic E-state index is 6.41. The Labute approximate surface area is 401 Å². The standard InChI is InChI=1S/C66H44N2O/c1-2-15-45(16-3-1)49-17-12-18-50(41-49)52-20-14-21-55(43-52)67(62-27-8-4-23-57(62)53-37-40-61-60-26-7-11-30-65(60)69-66(61)44-53)54-38-35-47(36-39-54)46-31-33-48(34-32-46)51-19-13-22-56(42-51)68-63-28-9-5-24-58(63)59-25-6-10-29-64(59)68/h1-44H. The lowest BCUT2D eigenvalue weighted by atomic mass is 9.97. The number of nitrogens with zero attached hydrogens (tertiary/aromatic N) is 2. The van der Waals surface area contributed by atoms with Crippen molar-refractivity contribution < 1.29 is 4.42 Å². The molecule has 3 nitrogen and oxygen atoms in total. The highest BCUT2D eigenvalue weighted by atomic mass is 16.3. The first-order chi connectivity index (χ1) is 34.2. The van der Waals surface area contributed by atoms with E-state index in [2.05, 4.69) is 264 Å². The maximum Gasteiger partial charge on any atom is 0.136 e. The van der Waals surface area contributed by atoms with Crippen molar-refractivity contribution in [3.8, 4) is 61.3 Å². The first-order valence-corrected chi connectivity index (χ1v) is 23.6. The van der Waals surface area contributed by atoms with Gasteiger partial charge in [0.15, 0.2) is 0 Å². The fourth-order valence-electron chi connectivity index (χ4n) is 10.3. The van der Waals surface area contributed by atoms with Gasteiger partial charge >= 0.3 is 0 Å². The van der Waals surface area contributed by atoms with Crippen molar-refractivity contribution in [1.29, 1.82) is 0 Å². The molecule has 0 atom stereocenters. The Kier molecular flexibility index (Phi) is 9.84. The first-order valence-electron chi connectivity index (χ1n) is 23.6. The molecule has 0 aliphatic carbocycles. The fourth-order valence-corrected chi connectivity index (χ4v) is 10.3. The molecular formula is C66H44N2O. The monoisotopic (exact) mass is 880 g/mol. The molecular weight excluding hydrogens is 837 g/mol. The highest BCUT2D eigenvalue weighted by Gasteiger charge is 2.20. The van der Waals surface area contributed by atoms with Crippen LogP contribution in [0.1, 0.15) is 0 Å². The summed E-state index contributed by atoms with van der Waals surface area (Å²) in [5.74, 6) is 0. The number of para-hydroxylation sites is 4. The van der Waals surface area contributed by atoms with Crippen molar-refractivity contribution in [2.75, 3.05) is 4.90 Å². The third-order valence-electron chi connectivity index (χ3n) is 13.6. The van der Waals surface area contributed by atoms with Gasteiger partial charge in [0.25, 0.3) is 0 Å². The van der Waals surface area contributed by atoms with Crippen molar-refractivity contribution in [2.45, 2.75) is 0 Å². The van der Waals surface area contributed by atoms with Crippen LogP contribution in [0.4, 0.5) is 17.1 Å². The summed E-state index contributed by atoms with van der Waals surface area (Å²) < 4.78 is 8.79. The molecule has 0 saturated heterocycles. The maximum atomic E-state index is 6.41. The Morgan fingerprint density at radius 2 is 0.768 bits per heavy atom. The third-order valence-corrected chi connectivity index (χ3v) is 13.6. The average molecular weight is 881 g/mol. The SMILES string of the molecule is c1ccc(-c2cccc(-c3cccc(N(c4ccc(-c5ccc(-c6cccc(-n7c8ccccc8c8ccccc87)c6)cc5)cc4)c4ccccc4-c4ccc5c(c4)oc4ccccc45)c3)c2)cc1. The molecule has 2 aromatic heterocycles. The molecule has 0 spiro atoms. The topological polar surface area (TPSA) is 21.3 Å². The van der Waals surface area contributed by atoms with Crippen LogP contribution in [0.15, 0.2) is 271 Å². The zero-order chi connectivity index (χ0) is 45.7. The van der Waals surface area contributed by atoms with Crippen molar-refractivity contribution in [3.05, 3.63) is 267 Å². The summed E-state index contributed by atoms with van der Waals surface area (Å²) in [6.07, 6.45) is 0. The van der Waals surface area contributed by atoms with E-state index in [-0.39, 0.29) is 0 Å². The molecule has 0 bridgehead atoms. The molecule has 13 aromatic rings. The summed E-state index contributed by atoms with van der Waals surface area (Å²) in [6, 6.07) is 96.1. The summed E-state index contributed by atoms with van der Waals surface area (Å²) in [4.78, 5) is 2.39. The first kappa shape index (κ1) is 40.1. The number of aromatic nitrogens is 1. The van der Waals surface area contributed by atoms with E-state index in [1.807, 2.05) is 12.1 Å². The van der Waals surface area contributed by atoms with Gasteiger partial charge in [-0.2, -0.15) is 0 Å². The molecule has 0 saturated carbocycles. The van der Waals surface area contributed by atoms with Crippen molar-refractivity contribution in [2.24, 2.45) is 0 Å². The van der Waals surface area contributed by atoms with Crippen molar-refractivity contribution >= 4 is 60.8 Å². The van der Waals surface area contributed by atoms with Gasteiger partial charge in [-0.15, -0.1) is 0 Å². The van der Waals surface area contributed by atoms with Crippen LogP contribution in [-0.2, 0) is 0 Å². The molecule has 2 heterocycles. The van der Waals surface area contributed by atoms with Crippen molar-refractivity contribution in [1.82, 2.24) is 4.57 Å². The van der Waals surface area contributed by atoms with Gasteiger partial charge in [-0.3, -0.25) is 0 Å². The van der Waals surface area contributed by atoms with Crippen LogP contribution in [-0.4, -0.2) is 4.57 Å².